The Kier molecular flexibility index (Phi) is 4.21. The van der Waals surface area contributed by atoms with Crippen molar-refractivity contribution in [1.29, 1.82) is 0 Å². The Morgan fingerprint density at radius 1 is 1.17 bits per heavy atom. The number of carbonyl (C=O) groups is 1. The number of hydrogen-bond acceptors (Lipinski definition) is 3. The molecule has 116 valence electrons. The van der Waals surface area contributed by atoms with Gasteiger partial charge in [-0.3, -0.25) is 4.79 Å². The quantitative estimate of drug-likeness (QED) is 0.574. The van der Waals surface area contributed by atoms with Gasteiger partial charge in [-0.25, -0.2) is 5.43 Å². The first-order valence-electron chi connectivity index (χ1n) is 7.27. The molecule has 1 heterocycles. The first-order chi connectivity index (χ1) is 11.2. The van der Waals surface area contributed by atoms with Gasteiger partial charge in [-0.1, -0.05) is 48.5 Å². The fourth-order valence-corrected chi connectivity index (χ4v) is 2.49. The van der Waals surface area contributed by atoms with Gasteiger partial charge in [-0.2, -0.15) is 5.10 Å². The molecule has 0 aliphatic rings. The van der Waals surface area contributed by atoms with Crippen molar-refractivity contribution >= 4 is 23.0 Å². The SMILES string of the molecule is Cn1cc(C=NNC(=O)[C@@H](O)c2ccccc2)c2ccccc21. The number of aryl methyl sites for hydroxylation is 1. The average molecular weight is 307 g/mol. The molecule has 0 aliphatic carbocycles. The van der Waals surface area contributed by atoms with E-state index in [4.69, 9.17) is 0 Å². The Morgan fingerprint density at radius 3 is 2.65 bits per heavy atom. The van der Waals surface area contributed by atoms with E-state index in [2.05, 4.69) is 10.5 Å². The molecule has 3 rings (SSSR count). The van der Waals surface area contributed by atoms with Crippen LogP contribution in [0.3, 0.4) is 0 Å². The standard InChI is InChI=1S/C18H17N3O2/c1-21-12-14(15-9-5-6-10-16(15)21)11-19-20-18(23)17(22)13-7-3-2-4-8-13/h2-12,17,22H,1H3,(H,20,23)/t17-/m0/s1. The minimum atomic E-state index is -1.24. The summed E-state index contributed by atoms with van der Waals surface area (Å²) in [6, 6.07) is 16.7. The molecule has 1 atom stereocenters. The lowest BCUT2D eigenvalue weighted by molar-refractivity contribution is -0.129. The number of hydrogen-bond donors (Lipinski definition) is 2. The molecule has 0 saturated carbocycles. The second-order valence-corrected chi connectivity index (χ2v) is 5.26. The molecule has 0 unspecified atom stereocenters. The lowest BCUT2D eigenvalue weighted by atomic mass is 10.1. The van der Waals surface area contributed by atoms with Gasteiger partial charge >= 0.3 is 0 Å². The third-order valence-electron chi connectivity index (χ3n) is 3.67. The van der Waals surface area contributed by atoms with Crippen LogP contribution in [0.1, 0.15) is 17.2 Å². The van der Waals surface area contributed by atoms with Gasteiger partial charge in [0, 0.05) is 29.7 Å². The van der Waals surface area contributed by atoms with E-state index in [1.54, 1.807) is 30.5 Å². The molecule has 1 aromatic heterocycles. The molecular weight excluding hydrogens is 290 g/mol. The number of aliphatic hydroxyl groups excluding tert-OH is 1. The lowest BCUT2D eigenvalue weighted by Gasteiger charge is -2.08. The third-order valence-corrected chi connectivity index (χ3v) is 3.67. The van der Waals surface area contributed by atoms with Gasteiger partial charge in [0.25, 0.3) is 5.91 Å². The van der Waals surface area contributed by atoms with Crippen LogP contribution in [0.25, 0.3) is 10.9 Å². The second kappa shape index (κ2) is 6.46. The van der Waals surface area contributed by atoms with E-state index in [9.17, 15) is 9.90 Å². The fourth-order valence-electron chi connectivity index (χ4n) is 2.49. The van der Waals surface area contributed by atoms with Crippen LogP contribution < -0.4 is 5.43 Å². The van der Waals surface area contributed by atoms with Crippen LogP contribution in [0.2, 0.25) is 0 Å². The van der Waals surface area contributed by atoms with Crippen LogP contribution in [0.4, 0.5) is 0 Å². The van der Waals surface area contributed by atoms with Crippen LogP contribution in [-0.2, 0) is 11.8 Å². The smallest absolute Gasteiger partial charge is 0.273 e. The van der Waals surface area contributed by atoms with Crippen molar-refractivity contribution in [3.8, 4) is 0 Å². The number of amides is 1. The number of aliphatic hydroxyl groups is 1. The lowest BCUT2D eigenvalue weighted by Crippen LogP contribution is -2.25. The normalized spacial score (nSPS) is 12.6. The molecule has 2 N–H and O–H groups in total. The third kappa shape index (κ3) is 3.14. The van der Waals surface area contributed by atoms with Gasteiger partial charge in [0.15, 0.2) is 6.10 Å². The molecule has 1 amide bonds. The van der Waals surface area contributed by atoms with Crippen molar-refractivity contribution in [3.63, 3.8) is 0 Å². The van der Waals surface area contributed by atoms with E-state index < -0.39 is 12.0 Å². The van der Waals surface area contributed by atoms with Crippen LogP contribution in [0.15, 0.2) is 65.9 Å². The van der Waals surface area contributed by atoms with Gasteiger partial charge in [-0.05, 0) is 11.6 Å². The molecule has 3 aromatic rings. The summed E-state index contributed by atoms with van der Waals surface area (Å²) in [4.78, 5) is 11.9. The van der Waals surface area contributed by atoms with Gasteiger partial charge in [0.2, 0.25) is 0 Å². The monoisotopic (exact) mass is 307 g/mol. The Morgan fingerprint density at radius 2 is 1.87 bits per heavy atom. The predicted molar refractivity (Wildman–Crippen MR) is 90.1 cm³/mol. The van der Waals surface area contributed by atoms with E-state index in [0.29, 0.717) is 5.56 Å². The highest BCUT2D eigenvalue weighted by atomic mass is 16.3. The number of nitrogens with one attached hydrogen (secondary N) is 1. The molecule has 23 heavy (non-hydrogen) atoms. The van der Waals surface area contributed by atoms with Gasteiger partial charge in [0.1, 0.15) is 0 Å². The van der Waals surface area contributed by atoms with Crippen molar-refractivity contribution in [2.45, 2.75) is 6.10 Å². The van der Waals surface area contributed by atoms with E-state index in [0.717, 1.165) is 16.5 Å². The zero-order chi connectivity index (χ0) is 16.2. The van der Waals surface area contributed by atoms with E-state index in [-0.39, 0.29) is 0 Å². The van der Waals surface area contributed by atoms with E-state index in [1.165, 1.54) is 0 Å². The summed E-state index contributed by atoms with van der Waals surface area (Å²) in [6.45, 7) is 0. The molecule has 0 spiro atoms. The molecule has 0 aliphatic heterocycles. The van der Waals surface area contributed by atoms with Crippen LogP contribution >= 0.6 is 0 Å². The largest absolute Gasteiger partial charge is 0.378 e. The minimum absolute atomic E-state index is 0.533. The number of para-hydroxylation sites is 1. The Bertz CT molecular complexity index is 853. The maximum atomic E-state index is 11.9. The number of nitrogens with zero attached hydrogens (tertiary/aromatic N) is 2. The summed E-state index contributed by atoms with van der Waals surface area (Å²) in [5.74, 6) is -0.562. The van der Waals surface area contributed by atoms with Crippen molar-refractivity contribution in [2.24, 2.45) is 12.1 Å². The molecule has 0 bridgehead atoms. The van der Waals surface area contributed by atoms with Crippen molar-refractivity contribution in [2.75, 3.05) is 0 Å². The summed E-state index contributed by atoms with van der Waals surface area (Å²) < 4.78 is 2.00. The number of hydrazone groups is 1. The first kappa shape index (κ1) is 15.0. The number of benzene rings is 2. The number of fused-ring (bicyclic) bond motifs is 1. The molecule has 0 fully saturated rings. The number of carbonyl (C=O) groups excluding carboxylic acids is 1. The van der Waals surface area contributed by atoms with Crippen LogP contribution in [0, 0.1) is 0 Å². The number of aromatic nitrogens is 1. The number of rotatable bonds is 4. The summed E-state index contributed by atoms with van der Waals surface area (Å²) in [5.41, 5.74) is 4.90. The molecule has 5 heteroatoms. The van der Waals surface area contributed by atoms with Crippen molar-refractivity contribution in [3.05, 3.63) is 71.9 Å². The zero-order valence-electron chi connectivity index (χ0n) is 12.7. The summed E-state index contributed by atoms with van der Waals surface area (Å²) in [7, 11) is 1.96. The highest BCUT2D eigenvalue weighted by molar-refractivity contribution is 5.99. The topological polar surface area (TPSA) is 66.6 Å². The predicted octanol–water partition coefficient (Wildman–Crippen LogP) is 2.36. The minimum Gasteiger partial charge on any atom is -0.378 e. The maximum absolute atomic E-state index is 11.9. The summed E-state index contributed by atoms with van der Waals surface area (Å²) in [6.07, 6.45) is 2.28. The summed E-state index contributed by atoms with van der Waals surface area (Å²) >= 11 is 0. The molecule has 2 aromatic carbocycles. The zero-order valence-corrected chi connectivity index (χ0v) is 12.7. The average Bonchev–Trinajstić information content (AvgIpc) is 2.91. The Labute approximate surface area is 133 Å². The van der Waals surface area contributed by atoms with Crippen LogP contribution in [-0.4, -0.2) is 21.8 Å². The molecule has 5 nitrogen and oxygen atoms in total. The highest BCUT2D eigenvalue weighted by Gasteiger charge is 2.16. The highest BCUT2D eigenvalue weighted by Crippen LogP contribution is 2.18. The molecular formula is C18H17N3O2. The Balaban J connectivity index is 1.72. The maximum Gasteiger partial charge on any atom is 0.273 e. The van der Waals surface area contributed by atoms with Crippen LogP contribution in [0.5, 0.6) is 0 Å². The first-order valence-corrected chi connectivity index (χ1v) is 7.27. The second-order valence-electron chi connectivity index (χ2n) is 5.26. The van der Waals surface area contributed by atoms with E-state index in [1.807, 2.05) is 48.1 Å². The molecule has 0 saturated heterocycles. The fraction of sp³-hybridized carbons (Fsp3) is 0.111. The Hall–Kier alpha value is -2.92. The summed E-state index contributed by atoms with van der Waals surface area (Å²) in [5, 5.41) is 15.0. The van der Waals surface area contributed by atoms with E-state index >= 15 is 0 Å². The van der Waals surface area contributed by atoms with Gasteiger partial charge < -0.3 is 9.67 Å². The van der Waals surface area contributed by atoms with Gasteiger partial charge in [-0.15, -0.1) is 0 Å². The van der Waals surface area contributed by atoms with Crippen molar-refractivity contribution < 1.29 is 9.90 Å². The van der Waals surface area contributed by atoms with Gasteiger partial charge in [0.05, 0.1) is 6.21 Å². The molecule has 0 radical (unpaired) electrons. The van der Waals surface area contributed by atoms with Crippen molar-refractivity contribution in [1.82, 2.24) is 9.99 Å².